The first-order valence-electron chi connectivity index (χ1n) is 11.9. The number of carbonyl (C=O) groups is 1. The molecule has 6 heteroatoms. The second-order valence-electron chi connectivity index (χ2n) is 8.62. The Balaban J connectivity index is 1.52. The van der Waals surface area contributed by atoms with Crippen molar-refractivity contribution in [1.29, 1.82) is 0 Å². The largest absolute Gasteiger partial charge is 0.494 e. The van der Waals surface area contributed by atoms with Crippen molar-refractivity contribution in [3.8, 4) is 16.5 Å². The second kappa shape index (κ2) is 10.6. The summed E-state index contributed by atoms with van der Waals surface area (Å²) in [4.78, 5) is 22.2. The molecule has 2 N–H and O–H groups in total. The molecule has 0 aromatic carbocycles. The molecule has 4 nitrogen and oxygen atoms in total. The number of rotatable bonds is 12. The van der Waals surface area contributed by atoms with Crippen molar-refractivity contribution in [2.45, 2.75) is 78.1 Å². The SMILES string of the molecule is CCCCCCc1csc(C2=NC(=O)c3c(-c4cc(CCCCCC)cs4)[nH]c(O)c32)c1. The number of carbonyl (C=O) groups excluding carboxylic acids is 1. The van der Waals surface area contributed by atoms with Crippen LogP contribution in [0.25, 0.3) is 10.6 Å². The van der Waals surface area contributed by atoms with Gasteiger partial charge in [-0.3, -0.25) is 4.79 Å². The van der Waals surface area contributed by atoms with Crippen LogP contribution in [0.2, 0.25) is 0 Å². The normalized spacial score (nSPS) is 13.1. The van der Waals surface area contributed by atoms with E-state index in [4.69, 9.17) is 0 Å². The predicted octanol–water partition coefficient (Wildman–Crippen LogP) is 7.75. The summed E-state index contributed by atoms with van der Waals surface area (Å²) >= 11 is 3.22. The van der Waals surface area contributed by atoms with Gasteiger partial charge in [0.2, 0.25) is 0 Å². The van der Waals surface area contributed by atoms with E-state index in [0.29, 0.717) is 22.5 Å². The molecule has 0 saturated carbocycles. The Hall–Kier alpha value is -2.18. The van der Waals surface area contributed by atoms with E-state index in [2.05, 4.69) is 46.7 Å². The van der Waals surface area contributed by atoms with Gasteiger partial charge in [0.1, 0.15) is 0 Å². The molecule has 4 heterocycles. The van der Waals surface area contributed by atoms with Crippen LogP contribution in [0.1, 0.15) is 97.1 Å². The number of aromatic nitrogens is 1. The zero-order valence-corrected chi connectivity index (χ0v) is 20.6. The average Bonchev–Trinajstić information content (AvgIpc) is 3.55. The third-order valence-electron chi connectivity index (χ3n) is 6.07. The average molecular weight is 469 g/mol. The lowest BCUT2D eigenvalue weighted by atomic mass is 10.0. The minimum Gasteiger partial charge on any atom is -0.494 e. The maximum Gasteiger partial charge on any atom is 0.280 e. The highest BCUT2D eigenvalue weighted by atomic mass is 32.1. The summed E-state index contributed by atoms with van der Waals surface area (Å²) in [5, 5.41) is 15.0. The zero-order chi connectivity index (χ0) is 22.5. The van der Waals surface area contributed by atoms with Gasteiger partial charge in [-0.15, -0.1) is 22.7 Å². The number of unbranched alkanes of at least 4 members (excludes halogenated alkanes) is 6. The maximum atomic E-state index is 12.8. The monoisotopic (exact) mass is 468 g/mol. The summed E-state index contributed by atoms with van der Waals surface area (Å²) in [6, 6.07) is 4.27. The Labute approximate surface area is 198 Å². The Morgan fingerprint density at radius 2 is 1.44 bits per heavy atom. The minimum absolute atomic E-state index is 0.0374. The van der Waals surface area contributed by atoms with Crippen molar-refractivity contribution < 1.29 is 9.90 Å². The summed E-state index contributed by atoms with van der Waals surface area (Å²) in [6.45, 7) is 4.44. The first kappa shape index (κ1) is 23.0. The van der Waals surface area contributed by atoms with Gasteiger partial charge < -0.3 is 10.1 Å². The molecule has 1 aliphatic rings. The number of thiophene rings is 2. The van der Waals surface area contributed by atoms with Crippen LogP contribution < -0.4 is 0 Å². The fourth-order valence-corrected chi connectivity index (χ4v) is 6.19. The van der Waals surface area contributed by atoms with Crippen LogP contribution in [0.5, 0.6) is 5.88 Å². The zero-order valence-electron chi connectivity index (χ0n) is 19.0. The molecular formula is C26H32N2O2S2. The number of hydrogen-bond donors (Lipinski definition) is 2. The van der Waals surface area contributed by atoms with Crippen LogP contribution in [-0.2, 0) is 12.8 Å². The Morgan fingerprint density at radius 1 is 0.844 bits per heavy atom. The van der Waals surface area contributed by atoms with Gasteiger partial charge in [-0.25, -0.2) is 4.99 Å². The number of fused-ring (bicyclic) bond motifs is 1. The Bertz CT molecular complexity index is 1100. The number of aryl methyl sites for hydroxylation is 2. The smallest absolute Gasteiger partial charge is 0.280 e. The van der Waals surface area contributed by atoms with Gasteiger partial charge in [-0.05, 0) is 59.7 Å². The van der Waals surface area contributed by atoms with Gasteiger partial charge in [-0.2, -0.15) is 0 Å². The van der Waals surface area contributed by atoms with Gasteiger partial charge in [0.05, 0.1) is 32.3 Å². The number of nitrogens with zero attached hydrogens (tertiary/aromatic N) is 1. The fraction of sp³-hybridized carbons (Fsp3) is 0.462. The van der Waals surface area contributed by atoms with E-state index >= 15 is 0 Å². The lowest BCUT2D eigenvalue weighted by Crippen LogP contribution is -1.96. The van der Waals surface area contributed by atoms with E-state index in [-0.39, 0.29) is 11.8 Å². The highest BCUT2D eigenvalue weighted by Gasteiger charge is 2.34. The first-order valence-corrected chi connectivity index (χ1v) is 13.6. The molecule has 0 radical (unpaired) electrons. The third kappa shape index (κ3) is 4.91. The van der Waals surface area contributed by atoms with Crippen molar-refractivity contribution in [3.05, 3.63) is 50.0 Å². The highest BCUT2D eigenvalue weighted by molar-refractivity contribution is 7.13. The van der Waals surface area contributed by atoms with Crippen LogP contribution in [-0.4, -0.2) is 21.7 Å². The predicted molar refractivity (Wildman–Crippen MR) is 136 cm³/mol. The minimum atomic E-state index is -0.266. The summed E-state index contributed by atoms with van der Waals surface area (Å²) in [5.74, 6) is -0.229. The molecule has 32 heavy (non-hydrogen) atoms. The quantitative estimate of drug-likeness (QED) is 0.267. The molecule has 0 bridgehead atoms. The lowest BCUT2D eigenvalue weighted by molar-refractivity contribution is 0.101. The molecule has 3 aromatic heterocycles. The second-order valence-corrected chi connectivity index (χ2v) is 10.4. The molecule has 170 valence electrons. The highest BCUT2D eigenvalue weighted by Crippen LogP contribution is 2.41. The molecular weight excluding hydrogens is 436 g/mol. The topological polar surface area (TPSA) is 65.5 Å². The summed E-state index contributed by atoms with van der Waals surface area (Å²) in [6.07, 6.45) is 12.0. The van der Waals surface area contributed by atoms with Gasteiger partial charge in [0.25, 0.3) is 5.91 Å². The van der Waals surface area contributed by atoms with Gasteiger partial charge in [-0.1, -0.05) is 52.4 Å². The van der Waals surface area contributed by atoms with E-state index in [9.17, 15) is 9.90 Å². The molecule has 0 aliphatic carbocycles. The number of nitrogens with one attached hydrogen (secondary N) is 1. The molecule has 3 aromatic rings. The molecule has 4 rings (SSSR count). The molecule has 0 saturated heterocycles. The molecule has 1 aliphatic heterocycles. The van der Waals surface area contributed by atoms with Crippen molar-refractivity contribution >= 4 is 34.3 Å². The van der Waals surface area contributed by atoms with Gasteiger partial charge in [0, 0.05) is 0 Å². The Morgan fingerprint density at radius 3 is 2.06 bits per heavy atom. The number of hydrogen-bond acceptors (Lipinski definition) is 4. The molecule has 0 atom stereocenters. The maximum absolute atomic E-state index is 12.8. The lowest BCUT2D eigenvalue weighted by Gasteiger charge is -1.98. The summed E-state index contributed by atoms with van der Waals surface area (Å²) < 4.78 is 0. The van der Waals surface area contributed by atoms with Crippen LogP contribution >= 0.6 is 22.7 Å². The summed E-state index contributed by atoms with van der Waals surface area (Å²) in [7, 11) is 0. The van der Waals surface area contributed by atoms with Crippen molar-refractivity contribution in [2.75, 3.05) is 0 Å². The van der Waals surface area contributed by atoms with E-state index in [0.717, 1.165) is 22.6 Å². The number of aromatic hydroxyl groups is 1. The molecule has 0 fully saturated rings. The van der Waals surface area contributed by atoms with E-state index < -0.39 is 0 Å². The number of aliphatic imine (C=N–C) groups is 1. The van der Waals surface area contributed by atoms with E-state index in [1.165, 1.54) is 62.5 Å². The standard InChI is InChI=1S/C26H32N2O2S2/c1-3-5-7-9-11-17-13-19(31-15-17)23-21-22(26(30)27-23)24(28-25(21)29)20-14-18(16-32-20)12-10-8-6-4-2/h13-16,27,30H,3-12H2,1-2H3. The molecule has 0 spiro atoms. The van der Waals surface area contributed by atoms with Crippen molar-refractivity contribution in [3.63, 3.8) is 0 Å². The molecule has 0 unspecified atom stereocenters. The number of H-pyrrole nitrogens is 1. The van der Waals surface area contributed by atoms with Gasteiger partial charge >= 0.3 is 0 Å². The van der Waals surface area contributed by atoms with Crippen molar-refractivity contribution in [1.82, 2.24) is 4.98 Å². The summed E-state index contributed by atoms with van der Waals surface area (Å²) in [5.41, 5.74) is 4.94. The van der Waals surface area contributed by atoms with Crippen LogP contribution in [0.15, 0.2) is 27.9 Å². The first-order chi connectivity index (χ1) is 15.6. The third-order valence-corrected chi connectivity index (χ3v) is 8.05. The van der Waals surface area contributed by atoms with E-state index in [1.807, 2.05) is 0 Å². The van der Waals surface area contributed by atoms with Crippen LogP contribution in [0, 0.1) is 0 Å². The fourth-order valence-electron chi connectivity index (χ4n) is 4.29. The molecule has 1 amide bonds. The van der Waals surface area contributed by atoms with E-state index in [1.54, 1.807) is 22.7 Å². The Kier molecular flexibility index (Phi) is 7.63. The number of amides is 1. The number of aromatic amines is 1. The van der Waals surface area contributed by atoms with Crippen molar-refractivity contribution in [2.24, 2.45) is 4.99 Å². The van der Waals surface area contributed by atoms with Crippen LogP contribution in [0.4, 0.5) is 0 Å². The van der Waals surface area contributed by atoms with Crippen LogP contribution in [0.3, 0.4) is 0 Å². The van der Waals surface area contributed by atoms with Gasteiger partial charge in [0.15, 0.2) is 5.88 Å².